The van der Waals surface area contributed by atoms with E-state index in [1.165, 1.54) is 11.1 Å². The number of nitrogens with zero attached hydrogens (tertiary/aromatic N) is 1. The molecule has 2 nitrogen and oxygen atoms in total. The van der Waals surface area contributed by atoms with Crippen LogP contribution in [0.1, 0.15) is 16.8 Å². The van der Waals surface area contributed by atoms with Crippen molar-refractivity contribution in [3.05, 3.63) is 63.9 Å². The number of benzene rings is 1. The number of aryl methyl sites for hydroxylation is 1. The van der Waals surface area contributed by atoms with Gasteiger partial charge in [0.25, 0.3) is 0 Å². The van der Waals surface area contributed by atoms with Gasteiger partial charge in [-0.15, -0.1) is 0 Å². The van der Waals surface area contributed by atoms with Crippen LogP contribution in [0, 0.1) is 6.92 Å². The second-order valence-electron chi connectivity index (χ2n) is 4.06. The van der Waals surface area contributed by atoms with Gasteiger partial charge in [0.05, 0.1) is 5.69 Å². The molecule has 1 aromatic carbocycles. The third-order valence-corrected chi connectivity index (χ3v) is 3.05. The van der Waals surface area contributed by atoms with Crippen LogP contribution in [-0.4, -0.2) is 4.98 Å². The molecule has 0 aliphatic carbocycles. The molecule has 0 amide bonds. The molecule has 0 unspecified atom stereocenters. The normalized spacial score (nSPS) is 10.5. The second-order valence-corrected chi connectivity index (χ2v) is 4.97. The van der Waals surface area contributed by atoms with E-state index in [2.05, 4.69) is 62.6 Å². The zero-order valence-electron chi connectivity index (χ0n) is 9.78. The van der Waals surface area contributed by atoms with E-state index >= 15 is 0 Å². The Balaban J connectivity index is 1.83. The summed E-state index contributed by atoms with van der Waals surface area (Å²) in [7, 11) is 0. The molecule has 1 heterocycles. The van der Waals surface area contributed by atoms with Crippen molar-refractivity contribution in [1.29, 1.82) is 0 Å². The molecule has 17 heavy (non-hydrogen) atoms. The van der Waals surface area contributed by atoms with Gasteiger partial charge in [0.1, 0.15) is 0 Å². The third-order valence-electron chi connectivity index (χ3n) is 2.52. The Morgan fingerprint density at radius 1 is 1.06 bits per heavy atom. The van der Waals surface area contributed by atoms with Crippen molar-refractivity contribution < 1.29 is 0 Å². The van der Waals surface area contributed by atoms with Crippen LogP contribution < -0.4 is 5.32 Å². The Morgan fingerprint density at radius 3 is 2.47 bits per heavy atom. The summed E-state index contributed by atoms with van der Waals surface area (Å²) in [5, 5.41) is 3.38. The van der Waals surface area contributed by atoms with E-state index in [0.717, 1.165) is 23.3 Å². The monoisotopic (exact) mass is 290 g/mol. The maximum absolute atomic E-state index is 4.35. The van der Waals surface area contributed by atoms with Gasteiger partial charge in [-0.1, -0.05) is 34.1 Å². The van der Waals surface area contributed by atoms with Crippen molar-refractivity contribution in [2.75, 3.05) is 0 Å². The Labute approximate surface area is 110 Å². The van der Waals surface area contributed by atoms with Crippen molar-refractivity contribution >= 4 is 15.9 Å². The van der Waals surface area contributed by atoms with Crippen molar-refractivity contribution in [3.8, 4) is 0 Å². The molecule has 0 atom stereocenters. The molecule has 0 radical (unpaired) electrons. The predicted octanol–water partition coefficient (Wildman–Crippen LogP) is 3.44. The molecule has 3 heteroatoms. The molecule has 0 saturated heterocycles. The summed E-state index contributed by atoms with van der Waals surface area (Å²) in [6.07, 6.45) is 1.90. The Bertz CT molecular complexity index is 417. The molecule has 0 saturated carbocycles. The third kappa shape index (κ3) is 3.95. The maximum atomic E-state index is 4.35. The van der Waals surface area contributed by atoms with Crippen LogP contribution in [0.4, 0.5) is 0 Å². The van der Waals surface area contributed by atoms with E-state index in [4.69, 9.17) is 0 Å². The minimum absolute atomic E-state index is 0.802. The van der Waals surface area contributed by atoms with Gasteiger partial charge in [-0.05, 0) is 36.2 Å². The molecule has 0 bridgehead atoms. The lowest BCUT2D eigenvalue weighted by atomic mass is 10.2. The van der Waals surface area contributed by atoms with Crippen LogP contribution in [-0.2, 0) is 13.1 Å². The molecular weight excluding hydrogens is 276 g/mol. The Morgan fingerprint density at radius 2 is 1.82 bits per heavy atom. The number of nitrogens with one attached hydrogen (secondary N) is 1. The van der Waals surface area contributed by atoms with E-state index in [0.29, 0.717) is 0 Å². The minimum atomic E-state index is 0.802. The van der Waals surface area contributed by atoms with Crippen LogP contribution in [0.15, 0.2) is 47.1 Å². The molecule has 0 aliphatic rings. The van der Waals surface area contributed by atoms with E-state index in [9.17, 15) is 0 Å². The van der Waals surface area contributed by atoms with E-state index in [1.807, 2.05) is 13.1 Å². The minimum Gasteiger partial charge on any atom is -0.307 e. The van der Waals surface area contributed by atoms with E-state index < -0.39 is 0 Å². The molecule has 0 spiro atoms. The molecule has 0 fully saturated rings. The van der Waals surface area contributed by atoms with Gasteiger partial charge in [-0.25, -0.2) is 0 Å². The number of aromatic nitrogens is 1. The summed E-state index contributed by atoms with van der Waals surface area (Å²) < 4.78 is 1.11. The van der Waals surface area contributed by atoms with Crippen LogP contribution in [0.25, 0.3) is 0 Å². The molecule has 88 valence electrons. The number of halogens is 1. The molecule has 2 rings (SSSR count). The summed E-state index contributed by atoms with van der Waals surface area (Å²) in [6.45, 7) is 3.71. The smallest absolute Gasteiger partial charge is 0.0541 e. The summed E-state index contributed by atoms with van der Waals surface area (Å²) in [5.41, 5.74) is 3.55. The fourth-order valence-electron chi connectivity index (χ4n) is 1.54. The molecule has 1 N–H and O–H groups in total. The first-order valence-electron chi connectivity index (χ1n) is 5.61. The predicted molar refractivity (Wildman–Crippen MR) is 73.7 cm³/mol. The first-order chi connectivity index (χ1) is 8.24. The quantitative estimate of drug-likeness (QED) is 0.933. The van der Waals surface area contributed by atoms with Crippen LogP contribution in [0.5, 0.6) is 0 Å². The second kappa shape index (κ2) is 5.94. The Hall–Kier alpha value is -1.19. The van der Waals surface area contributed by atoms with Crippen molar-refractivity contribution in [2.24, 2.45) is 0 Å². The molecule has 1 aromatic heterocycles. The summed E-state index contributed by atoms with van der Waals surface area (Å²) in [5.74, 6) is 0. The van der Waals surface area contributed by atoms with Crippen LogP contribution >= 0.6 is 15.9 Å². The highest BCUT2D eigenvalue weighted by molar-refractivity contribution is 9.10. The SMILES string of the molecule is Cc1ccc(CNCc2ccc(Br)cc2)nc1. The lowest BCUT2D eigenvalue weighted by Crippen LogP contribution is -2.13. The lowest BCUT2D eigenvalue weighted by Gasteiger charge is -2.05. The van der Waals surface area contributed by atoms with Crippen LogP contribution in [0.3, 0.4) is 0 Å². The zero-order chi connectivity index (χ0) is 12.1. The zero-order valence-corrected chi connectivity index (χ0v) is 11.4. The van der Waals surface area contributed by atoms with Gasteiger partial charge in [-0.3, -0.25) is 4.98 Å². The highest BCUT2D eigenvalue weighted by Crippen LogP contribution is 2.10. The van der Waals surface area contributed by atoms with Crippen molar-refractivity contribution in [3.63, 3.8) is 0 Å². The average Bonchev–Trinajstić information content (AvgIpc) is 2.34. The van der Waals surface area contributed by atoms with Crippen molar-refractivity contribution in [1.82, 2.24) is 10.3 Å². The van der Waals surface area contributed by atoms with Gasteiger partial charge in [-0.2, -0.15) is 0 Å². The highest BCUT2D eigenvalue weighted by atomic mass is 79.9. The highest BCUT2D eigenvalue weighted by Gasteiger charge is 1.95. The first kappa shape index (κ1) is 12.3. The topological polar surface area (TPSA) is 24.9 Å². The molecule has 0 aliphatic heterocycles. The van der Waals surface area contributed by atoms with Gasteiger partial charge in [0.2, 0.25) is 0 Å². The van der Waals surface area contributed by atoms with Gasteiger partial charge in [0.15, 0.2) is 0 Å². The fourth-order valence-corrected chi connectivity index (χ4v) is 1.80. The fraction of sp³-hybridized carbons (Fsp3) is 0.214. The summed E-state index contributed by atoms with van der Waals surface area (Å²) in [6, 6.07) is 12.5. The first-order valence-corrected chi connectivity index (χ1v) is 6.40. The average molecular weight is 291 g/mol. The number of pyridine rings is 1. The van der Waals surface area contributed by atoms with Crippen LogP contribution in [0.2, 0.25) is 0 Å². The molecular formula is C14H15BrN2. The van der Waals surface area contributed by atoms with E-state index in [-0.39, 0.29) is 0 Å². The maximum Gasteiger partial charge on any atom is 0.0541 e. The summed E-state index contributed by atoms with van der Waals surface area (Å²) in [4.78, 5) is 4.35. The lowest BCUT2D eigenvalue weighted by molar-refractivity contribution is 0.679. The molecule has 2 aromatic rings. The van der Waals surface area contributed by atoms with Gasteiger partial charge in [0, 0.05) is 23.8 Å². The largest absolute Gasteiger partial charge is 0.307 e. The Kier molecular flexibility index (Phi) is 4.29. The van der Waals surface area contributed by atoms with E-state index in [1.54, 1.807) is 0 Å². The number of rotatable bonds is 4. The van der Waals surface area contributed by atoms with Gasteiger partial charge < -0.3 is 5.32 Å². The summed E-state index contributed by atoms with van der Waals surface area (Å²) >= 11 is 3.43. The van der Waals surface area contributed by atoms with Crippen molar-refractivity contribution in [2.45, 2.75) is 20.0 Å². The number of hydrogen-bond acceptors (Lipinski definition) is 2. The standard InChI is InChI=1S/C14H15BrN2/c1-11-2-7-14(17-8-11)10-16-9-12-3-5-13(15)6-4-12/h2-8,16H,9-10H2,1H3. The van der Waals surface area contributed by atoms with Gasteiger partial charge >= 0.3 is 0 Å². The number of hydrogen-bond donors (Lipinski definition) is 1.